The Morgan fingerprint density at radius 2 is 2.16 bits per heavy atom. The summed E-state index contributed by atoms with van der Waals surface area (Å²) in [7, 11) is 1.88. The molecule has 0 radical (unpaired) electrons. The third kappa shape index (κ3) is 2.65. The first kappa shape index (κ1) is 14.0. The summed E-state index contributed by atoms with van der Waals surface area (Å²) in [5, 5.41) is 6.99. The number of carbonyl (C=O) groups excluding carboxylic acids is 1. The van der Waals surface area contributed by atoms with E-state index in [4.69, 9.17) is 17.0 Å². The second-order valence-corrected chi connectivity index (χ2v) is 6.31. The standard InChI is InChI=1S/C12H20N4O2S/c1-7-8(9-13-14-10(19)15(9)5)6-16(7)11(17)18-12(2,3)4/h7-8H,6H2,1-5H3,(H,14,19). The summed E-state index contributed by atoms with van der Waals surface area (Å²) >= 11 is 5.10. The highest BCUT2D eigenvalue weighted by Crippen LogP contribution is 2.33. The molecule has 0 aromatic carbocycles. The Bertz CT molecular complexity index is 543. The fourth-order valence-electron chi connectivity index (χ4n) is 2.16. The molecule has 6 nitrogen and oxygen atoms in total. The summed E-state index contributed by atoms with van der Waals surface area (Å²) in [6, 6.07) is 0.0683. The topological polar surface area (TPSA) is 63.2 Å². The molecule has 1 aliphatic heterocycles. The SMILES string of the molecule is CC1C(c2n[nH]c(=S)n2C)CN1C(=O)OC(C)(C)C. The van der Waals surface area contributed by atoms with Crippen LogP contribution >= 0.6 is 12.2 Å². The van der Waals surface area contributed by atoms with Crippen LogP contribution in [0.5, 0.6) is 0 Å². The molecule has 1 amide bonds. The molecule has 1 saturated heterocycles. The third-order valence-electron chi connectivity index (χ3n) is 3.34. The number of hydrogen-bond acceptors (Lipinski definition) is 4. The predicted molar refractivity (Wildman–Crippen MR) is 73.5 cm³/mol. The van der Waals surface area contributed by atoms with Crippen LogP contribution in [0.4, 0.5) is 4.79 Å². The van der Waals surface area contributed by atoms with E-state index < -0.39 is 5.60 Å². The van der Waals surface area contributed by atoms with Gasteiger partial charge in [0.2, 0.25) is 0 Å². The van der Waals surface area contributed by atoms with Crippen molar-refractivity contribution in [3.05, 3.63) is 10.6 Å². The maximum Gasteiger partial charge on any atom is 0.410 e. The number of carbonyl (C=O) groups is 1. The Morgan fingerprint density at radius 1 is 1.53 bits per heavy atom. The minimum atomic E-state index is -0.466. The normalized spacial score (nSPS) is 23.1. The van der Waals surface area contributed by atoms with Gasteiger partial charge in [-0.05, 0) is 39.9 Å². The molecule has 1 aromatic heterocycles. The van der Waals surface area contributed by atoms with Crippen LogP contribution < -0.4 is 0 Å². The van der Waals surface area contributed by atoms with Crippen molar-refractivity contribution in [2.24, 2.45) is 7.05 Å². The van der Waals surface area contributed by atoms with Gasteiger partial charge in [0.05, 0.1) is 5.92 Å². The van der Waals surface area contributed by atoms with Crippen molar-refractivity contribution in [2.75, 3.05) is 6.54 Å². The van der Waals surface area contributed by atoms with Crippen molar-refractivity contribution in [3.63, 3.8) is 0 Å². The molecular weight excluding hydrogens is 264 g/mol. The maximum absolute atomic E-state index is 12.0. The van der Waals surface area contributed by atoms with E-state index in [-0.39, 0.29) is 18.1 Å². The van der Waals surface area contributed by atoms with Crippen LogP contribution in [0.1, 0.15) is 39.4 Å². The van der Waals surface area contributed by atoms with Crippen LogP contribution in [0.15, 0.2) is 0 Å². The first-order valence-corrected chi connectivity index (χ1v) is 6.72. The summed E-state index contributed by atoms with van der Waals surface area (Å²) in [4.78, 5) is 13.7. The molecular formula is C12H20N4O2S. The zero-order valence-electron chi connectivity index (χ0n) is 11.9. The number of nitrogens with zero attached hydrogens (tertiary/aromatic N) is 3. The third-order valence-corrected chi connectivity index (χ3v) is 3.71. The smallest absolute Gasteiger partial charge is 0.410 e. The Balaban J connectivity index is 2.04. The quantitative estimate of drug-likeness (QED) is 0.803. The summed E-state index contributed by atoms with van der Waals surface area (Å²) in [5.74, 6) is 1.09. The van der Waals surface area contributed by atoms with Crippen LogP contribution in [0.25, 0.3) is 0 Å². The number of rotatable bonds is 1. The molecule has 0 saturated carbocycles. The molecule has 19 heavy (non-hydrogen) atoms. The van der Waals surface area contributed by atoms with E-state index in [1.54, 1.807) is 4.90 Å². The molecule has 106 valence electrons. The monoisotopic (exact) mass is 284 g/mol. The number of hydrogen-bond donors (Lipinski definition) is 1. The van der Waals surface area contributed by atoms with Gasteiger partial charge in [0, 0.05) is 19.6 Å². The van der Waals surface area contributed by atoms with Gasteiger partial charge >= 0.3 is 6.09 Å². The molecule has 2 rings (SSSR count). The molecule has 1 aromatic rings. The molecule has 7 heteroatoms. The molecule has 2 heterocycles. The number of aromatic amines is 1. The summed E-state index contributed by atoms with van der Waals surface area (Å²) in [6.07, 6.45) is -0.270. The summed E-state index contributed by atoms with van der Waals surface area (Å²) in [5.41, 5.74) is -0.466. The first-order valence-electron chi connectivity index (χ1n) is 6.31. The van der Waals surface area contributed by atoms with Crippen LogP contribution in [-0.2, 0) is 11.8 Å². The van der Waals surface area contributed by atoms with Crippen LogP contribution in [0, 0.1) is 4.77 Å². The lowest BCUT2D eigenvalue weighted by Crippen LogP contribution is -2.57. The largest absolute Gasteiger partial charge is 0.444 e. The van der Waals surface area contributed by atoms with Gasteiger partial charge in [-0.2, -0.15) is 5.10 Å². The van der Waals surface area contributed by atoms with Crippen molar-refractivity contribution in [1.82, 2.24) is 19.7 Å². The average molecular weight is 284 g/mol. The van der Waals surface area contributed by atoms with Gasteiger partial charge in [-0.1, -0.05) is 0 Å². The van der Waals surface area contributed by atoms with Gasteiger partial charge in [0.25, 0.3) is 0 Å². The average Bonchev–Trinajstić information content (AvgIpc) is 2.57. The van der Waals surface area contributed by atoms with Gasteiger partial charge in [0.1, 0.15) is 11.4 Å². The number of ether oxygens (including phenoxy) is 1. The van der Waals surface area contributed by atoms with Gasteiger partial charge < -0.3 is 14.2 Å². The Morgan fingerprint density at radius 3 is 2.58 bits per heavy atom. The van der Waals surface area contributed by atoms with Gasteiger partial charge in [-0.15, -0.1) is 0 Å². The van der Waals surface area contributed by atoms with Crippen LogP contribution in [-0.4, -0.2) is 43.9 Å². The van der Waals surface area contributed by atoms with Crippen LogP contribution in [0.2, 0.25) is 0 Å². The van der Waals surface area contributed by atoms with Crippen molar-refractivity contribution < 1.29 is 9.53 Å². The molecule has 2 atom stereocenters. The lowest BCUT2D eigenvalue weighted by atomic mass is 9.89. The van der Waals surface area contributed by atoms with E-state index >= 15 is 0 Å². The molecule has 0 spiro atoms. The van der Waals surface area contributed by atoms with Crippen molar-refractivity contribution in [1.29, 1.82) is 0 Å². The molecule has 1 N–H and O–H groups in total. The van der Waals surface area contributed by atoms with E-state index in [2.05, 4.69) is 10.2 Å². The van der Waals surface area contributed by atoms with E-state index in [0.29, 0.717) is 11.3 Å². The minimum Gasteiger partial charge on any atom is -0.444 e. The molecule has 1 fully saturated rings. The lowest BCUT2D eigenvalue weighted by Gasteiger charge is -2.45. The highest BCUT2D eigenvalue weighted by atomic mass is 32.1. The highest BCUT2D eigenvalue weighted by Gasteiger charge is 2.43. The lowest BCUT2D eigenvalue weighted by molar-refractivity contribution is -0.0113. The molecule has 0 bridgehead atoms. The minimum absolute atomic E-state index is 0.0683. The second-order valence-electron chi connectivity index (χ2n) is 5.93. The van der Waals surface area contributed by atoms with E-state index in [9.17, 15) is 4.79 Å². The second kappa shape index (κ2) is 4.63. The predicted octanol–water partition coefficient (Wildman–Crippen LogP) is 2.20. The van der Waals surface area contributed by atoms with E-state index in [1.807, 2.05) is 39.3 Å². The fourth-order valence-corrected chi connectivity index (χ4v) is 2.30. The van der Waals surface area contributed by atoms with Gasteiger partial charge in [-0.25, -0.2) is 4.79 Å². The number of H-pyrrole nitrogens is 1. The number of aromatic nitrogens is 3. The Labute approximate surface area is 117 Å². The highest BCUT2D eigenvalue weighted by molar-refractivity contribution is 7.71. The van der Waals surface area contributed by atoms with Gasteiger partial charge in [0.15, 0.2) is 4.77 Å². The van der Waals surface area contributed by atoms with Crippen molar-refractivity contribution in [2.45, 2.75) is 45.3 Å². The Kier molecular flexibility index (Phi) is 3.42. The molecule has 2 unspecified atom stereocenters. The molecule has 1 aliphatic rings. The zero-order chi connectivity index (χ0) is 14.4. The number of likely N-dealkylation sites (tertiary alicyclic amines) is 1. The Hall–Kier alpha value is -1.37. The summed E-state index contributed by atoms with van der Waals surface area (Å²) < 4.78 is 7.81. The van der Waals surface area contributed by atoms with E-state index in [1.165, 1.54) is 0 Å². The summed E-state index contributed by atoms with van der Waals surface area (Å²) in [6.45, 7) is 8.21. The number of nitrogens with one attached hydrogen (secondary N) is 1. The fraction of sp³-hybridized carbons (Fsp3) is 0.750. The van der Waals surface area contributed by atoms with Crippen molar-refractivity contribution in [3.8, 4) is 0 Å². The van der Waals surface area contributed by atoms with Crippen LogP contribution in [0.3, 0.4) is 0 Å². The molecule has 0 aliphatic carbocycles. The van der Waals surface area contributed by atoms with E-state index in [0.717, 1.165) is 5.82 Å². The zero-order valence-corrected chi connectivity index (χ0v) is 12.7. The number of amides is 1. The van der Waals surface area contributed by atoms with Gasteiger partial charge in [-0.3, -0.25) is 5.10 Å². The first-order chi connectivity index (χ1) is 8.70. The van der Waals surface area contributed by atoms with Crippen molar-refractivity contribution >= 4 is 18.3 Å². The maximum atomic E-state index is 12.0.